The molecule has 0 radical (unpaired) electrons. The molecule has 0 saturated carbocycles. The molecule has 0 saturated heterocycles. The number of hydrogen-bond donors (Lipinski definition) is 0. The Balaban J connectivity index is 2.02. The first-order valence-corrected chi connectivity index (χ1v) is 9.40. The van der Waals surface area contributed by atoms with Crippen LogP contribution in [0.15, 0.2) is 34.7 Å². The van der Waals surface area contributed by atoms with Crippen LogP contribution in [0, 0.1) is 6.92 Å². The van der Waals surface area contributed by atoms with Crippen molar-refractivity contribution in [1.82, 2.24) is 14.5 Å². The van der Waals surface area contributed by atoms with Gasteiger partial charge in [0.25, 0.3) is 0 Å². The molecule has 10 heteroatoms. The third-order valence-electron chi connectivity index (χ3n) is 3.82. The summed E-state index contributed by atoms with van der Waals surface area (Å²) >= 11 is 6.35. The van der Waals surface area contributed by atoms with Gasteiger partial charge in [-0.15, -0.1) is 0 Å². The molecule has 0 aliphatic rings. The van der Waals surface area contributed by atoms with Gasteiger partial charge in [0.15, 0.2) is 5.65 Å². The fourth-order valence-electron chi connectivity index (χ4n) is 2.62. The summed E-state index contributed by atoms with van der Waals surface area (Å²) in [6, 6.07) is 8.40. The molecule has 3 aromatic rings. The predicted octanol–water partition coefficient (Wildman–Crippen LogP) is 3.04. The number of aromatic nitrogens is 3. The summed E-state index contributed by atoms with van der Waals surface area (Å²) in [6.45, 7) is 4.62. The van der Waals surface area contributed by atoms with Crippen molar-refractivity contribution in [3.05, 3.63) is 52.4 Å². The number of nitrogens with zero attached hydrogens (tertiary/aromatic N) is 4. The van der Waals surface area contributed by atoms with Gasteiger partial charge in [0, 0.05) is 5.02 Å². The molecule has 0 bridgehead atoms. The average Bonchev–Trinajstić information content (AvgIpc) is 2.91. The van der Waals surface area contributed by atoms with Crippen LogP contribution in [-0.4, -0.2) is 35.5 Å². The molecule has 0 atom stereocenters. The van der Waals surface area contributed by atoms with Crippen molar-refractivity contribution in [1.29, 1.82) is 0 Å². The maximum atomic E-state index is 11.8. The number of ether oxygens (including phenoxy) is 1. The zero-order valence-corrected chi connectivity index (χ0v) is 16.1. The van der Waals surface area contributed by atoms with E-state index in [0.717, 1.165) is 5.56 Å². The van der Waals surface area contributed by atoms with Crippen LogP contribution >= 0.6 is 11.6 Å². The number of hydrogen-bond acceptors (Lipinski definition) is 6. The molecule has 140 valence electrons. The van der Waals surface area contributed by atoms with Gasteiger partial charge in [-0.1, -0.05) is 22.0 Å². The lowest BCUT2D eigenvalue weighted by Crippen LogP contribution is -2.06. The molecule has 0 aliphatic heterocycles. The van der Waals surface area contributed by atoms with Crippen molar-refractivity contribution < 1.29 is 17.9 Å². The Morgan fingerprint density at radius 1 is 1.26 bits per heavy atom. The van der Waals surface area contributed by atoms with E-state index in [9.17, 15) is 13.2 Å². The summed E-state index contributed by atoms with van der Waals surface area (Å²) in [5.41, 5.74) is 1.77. The average molecular weight is 407 g/mol. The summed E-state index contributed by atoms with van der Waals surface area (Å²) in [5.74, 6) is 0.419. The van der Waals surface area contributed by atoms with Crippen LogP contribution in [0.25, 0.3) is 11.2 Å². The molecule has 2 aromatic heterocycles. The first-order chi connectivity index (χ1) is 12.9. The topological polar surface area (TPSA) is 104 Å². The molecule has 27 heavy (non-hydrogen) atoms. The molecule has 0 fully saturated rings. The van der Waals surface area contributed by atoms with Gasteiger partial charge >= 0.3 is 16.4 Å². The largest absolute Gasteiger partial charge is 0.494 e. The second-order valence-corrected chi connectivity index (χ2v) is 6.61. The summed E-state index contributed by atoms with van der Waals surface area (Å²) in [7, 11) is -2.84. The highest BCUT2D eigenvalue weighted by atomic mass is 35.5. The Labute approximate surface area is 161 Å². The second-order valence-electron chi connectivity index (χ2n) is 5.58. The van der Waals surface area contributed by atoms with Crippen molar-refractivity contribution in [3.8, 4) is 5.75 Å². The zero-order chi connectivity index (χ0) is 19.6. The van der Waals surface area contributed by atoms with Crippen molar-refractivity contribution >= 4 is 39.2 Å². The highest BCUT2D eigenvalue weighted by molar-refractivity contribution is 7.62. The Morgan fingerprint density at radius 2 is 2.04 bits per heavy atom. The second kappa shape index (κ2) is 7.85. The van der Waals surface area contributed by atoms with Gasteiger partial charge in [0.05, 0.1) is 13.2 Å². The summed E-state index contributed by atoms with van der Waals surface area (Å²) < 4.78 is 31.4. The number of rotatable bonds is 5. The number of pyridine rings is 1. The Morgan fingerprint density at radius 3 is 2.70 bits per heavy atom. The molecule has 0 unspecified atom stereocenters. The Bertz CT molecular complexity index is 1160. The van der Waals surface area contributed by atoms with Crippen molar-refractivity contribution in [3.63, 3.8) is 0 Å². The number of amides is 1. The molecule has 0 spiro atoms. The minimum absolute atomic E-state index is 0.0781. The Kier molecular flexibility index (Phi) is 5.52. The minimum atomic E-state index is -2.84. The number of imidazole rings is 1. The van der Waals surface area contributed by atoms with Gasteiger partial charge in [-0.3, -0.25) is 4.79 Å². The van der Waals surface area contributed by atoms with E-state index >= 15 is 0 Å². The normalized spacial score (nSPS) is 10.8. The van der Waals surface area contributed by atoms with E-state index in [4.69, 9.17) is 16.3 Å². The van der Waals surface area contributed by atoms with E-state index in [1.165, 1.54) is 6.07 Å². The van der Waals surface area contributed by atoms with Crippen molar-refractivity contribution in [2.45, 2.75) is 20.4 Å². The smallest absolute Gasteiger partial charge is 0.319 e. The van der Waals surface area contributed by atoms with Gasteiger partial charge in [0.2, 0.25) is 0 Å². The van der Waals surface area contributed by atoms with Gasteiger partial charge in [0.1, 0.15) is 22.8 Å². The van der Waals surface area contributed by atoms with Crippen molar-refractivity contribution in [2.24, 2.45) is 4.36 Å². The van der Waals surface area contributed by atoms with E-state index in [1.54, 1.807) is 16.7 Å². The molecule has 1 amide bonds. The first-order valence-electron chi connectivity index (χ1n) is 7.99. The SMILES string of the molecule is CCOc1ccc(Cn2c(C)nc3ccc(C(=O)N=S(=O)=O)nc32)c(Cl)c1. The van der Waals surface area contributed by atoms with Crippen LogP contribution in [0.3, 0.4) is 0 Å². The van der Waals surface area contributed by atoms with Crippen LogP contribution in [0.2, 0.25) is 5.02 Å². The molecule has 3 rings (SSSR count). The molecule has 8 nitrogen and oxygen atoms in total. The zero-order valence-electron chi connectivity index (χ0n) is 14.5. The van der Waals surface area contributed by atoms with Gasteiger partial charge in [-0.2, -0.15) is 8.42 Å². The molecule has 1 aromatic carbocycles. The number of benzene rings is 1. The summed E-state index contributed by atoms with van der Waals surface area (Å²) in [5, 5.41) is 0.534. The van der Waals surface area contributed by atoms with E-state index in [0.29, 0.717) is 40.9 Å². The van der Waals surface area contributed by atoms with Crippen LogP contribution < -0.4 is 4.74 Å². The van der Waals surface area contributed by atoms with E-state index in [-0.39, 0.29) is 5.69 Å². The van der Waals surface area contributed by atoms with Crippen LogP contribution in [0.4, 0.5) is 0 Å². The summed E-state index contributed by atoms with van der Waals surface area (Å²) in [4.78, 5) is 20.5. The van der Waals surface area contributed by atoms with E-state index in [1.807, 2.05) is 26.0 Å². The van der Waals surface area contributed by atoms with Gasteiger partial charge in [-0.25, -0.2) is 9.97 Å². The highest BCUT2D eigenvalue weighted by Crippen LogP contribution is 2.25. The van der Waals surface area contributed by atoms with E-state index in [2.05, 4.69) is 14.3 Å². The van der Waals surface area contributed by atoms with E-state index < -0.39 is 16.4 Å². The molecular formula is C17H15ClN4O4S. The third kappa shape index (κ3) is 4.15. The molecular weight excluding hydrogens is 392 g/mol. The number of carbonyl (C=O) groups excluding carboxylic acids is 1. The third-order valence-corrected chi connectivity index (χ3v) is 4.49. The van der Waals surface area contributed by atoms with Crippen LogP contribution in [0.5, 0.6) is 5.75 Å². The lowest BCUT2D eigenvalue weighted by molar-refractivity contribution is 0.100. The lowest BCUT2D eigenvalue weighted by Gasteiger charge is -2.10. The maximum Gasteiger partial charge on any atom is 0.319 e. The molecule has 0 aliphatic carbocycles. The monoisotopic (exact) mass is 406 g/mol. The molecule has 0 N–H and O–H groups in total. The van der Waals surface area contributed by atoms with Crippen LogP contribution in [-0.2, 0) is 17.0 Å². The van der Waals surface area contributed by atoms with Gasteiger partial charge in [-0.05, 0) is 43.7 Å². The standard InChI is InChI=1S/C17H15ClN4O4S/c1-3-26-12-5-4-11(13(18)8-12)9-22-10(2)19-14-6-7-15(20-16(14)22)17(23)21-27(24)25/h4-8H,3,9H2,1-2H3. The lowest BCUT2D eigenvalue weighted by atomic mass is 10.2. The number of fused-ring (bicyclic) bond motifs is 1. The fraction of sp³-hybridized carbons (Fsp3) is 0.235. The maximum absolute atomic E-state index is 11.8. The first kappa shape index (κ1) is 19.0. The number of aryl methyl sites for hydroxylation is 1. The van der Waals surface area contributed by atoms with Crippen molar-refractivity contribution in [2.75, 3.05) is 6.61 Å². The predicted molar refractivity (Wildman–Crippen MR) is 99.7 cm³/mol. The molecule has 2 heterocycles. The summed E-state index contributed by atoms with van der Waals surface area (Å²) in [6.07, 6.45) is 0. The highest BCUT2D eigenvalue weighted by Gasteiger charge is 2.15. The Hall–Kier alpha value is -2.78. The number of halogens is 1. The quantitative estimate of drug-likeness (QED) is 0.645. The van der Waals surface area contributed by atoms with Crippen LogP contribution in [0.1, 0.15) is 28.8 Å². The number of carbonyl (C=O) groups is 1. The minimum Gasteiger partial charge on any atom is -0.494 e. The van der Waals surface area contributed by atoms with Gasteiger partial charge < -0.3 is 9.30 Å². The fourth-order valence-corrected chi connectivity index (χ4v) is 3.08.